The van der Waals surface area contributed by atoms with Crippen molar-refractivity contribution in [2.45, 2.75) is 77.7 Å². The number of hydrogen-bond donors (Lipinski definition) is 2. The molecule has 0 aliphatic rings. The zero-order valence-corrected chi connectivity index (χ0v) is 13.5. The van der Waals surface area contributed by atoms with E-state index in [1.165, 1.54) is 19.3 Å². The van der Waals surface area contributed by atoms with Crippen LogP contribution in [0.5, 0.6) is 0 Å². The summed E-state index contributed by atoms with van der Waals surface area (Å²) in [5.41, 5.74) is 0. The highest BCUT2D eigenvalue weighted by atomic mass is 16.1. The molecule has 0 aromatic heterocycles. The summed E-state index contributed by atoms with van der Waals surface area (Å²) in [5.74, 6) is 0.349. The Kier molecular flexibility index (Phi) is 12.5. The zero-order valence-electron chi connectivity index (χ0n) is 13.5. The lowest BCUT2D eigenvalue weighted by Gasteiger charge is -2.12. The fourth-order valence-electron chi connectivity index (χ4n) is 2.23. The van der Waals surface area contributed by atoms with Crippen LogP contribution in [0.25, 0.3) is 0 Å². The number of unbranched alkanes of at least 4 members (excludes halogenated alkanes) is 5. The van der Waals surface area contributed by atoms with Crippen LogP contribution < -0.4 is 10.6 Å². The molecule has 0 radical (unpaired) electrons. The van der Waals surface area contributed by atoms with E-state index in [1.807, 2.05) is 7.05 Å². The molecule has 1 atom stereocenters. The first-order chi connectivity index (χ1) is 9.61. The molecule has 4 heteroatoms. The monoisotopic (exact) mass is 284 g/mol. The van der Waals surface area contributed by atoms with Crippen LogP contribution in [0.4, 0.5) is 0 Å². The van der Waals surface area contributed by atoms with Crippen LogP contribution in [0, 0.1) is 0 Å². The van der Waals surface area contributed by atoms with Gasteiger partial charge in [-0.05, 0) is 39.7 Å². The van der Waals surface area contributed by atoms with Crippen LogP contribution in [0.1, 0.15) is 71.6 Å². The summed E-state index contributed by atoms with van der Waals surface area (Å²) >= 11 is 0. The molecule has 0 aliphatic carbocycles. The molecule has 0 heterocycles. The van der Waals surface area contributed by atoms with Gasteiger partial charge in [0, 0.05) is 13.0 Å². The molecule has 1 unspecified atom stereocenters. The molecule has 0 aromatic rings. The van der Waals surface area contributed by atoms with Gasteiger partial charge in [0.2, 0.25) is 5.91 Å². The number of amides is 1. The summed E-state index contributed by atoms with van der Waals surface area (Å²) in [6.07, 6.45) is 9.29. The fraction of sp³-hybridized carbons (Fsp3) is 0.875. The lowest BCUT2D eigenvalue weighted by atomic mass is 10.1. The van der Waals surface area contributed by atoms with Crippen molar-refractivity contribution in [3.05, 3.63) is 0 Å². The molecule has 4 nitrogen and oxygen atoms in total. The Morgan fingerprint density at radius 1 is 1.00 bits per heavy atom. The van der Waals surface area contributed by atoms with Crippen molar-refractivity contribution in [3.8, 4) is 0 Å². The number of carbonyl (C=O) groups is 2. The van der Waals surface area contributed by atoms with E-state index in [2.05, 4.69) is 17.6 Å². The molecule has 0 aromatic carbocycles. The zero-order chi connectivity index (χ0) is 15.2. The third-order valence-corrected chi connectivity index (χ3v) is 3.59. The van der Waals surface area contributed by atoms with Crippen molar-refractivity contribution in [1.82, 2.24) is 10.6 Å². The minimum Gasteiger partial charge on any atom is -0.356 e. The Bertz CT molecular complexity index is 267. The van der Waals surface area contributed by atoms with Gasteiger partial charge in [0.15, 0.2) is 0 Å². The van der Waals surface area contributed by atoms with Crippen molar-refractivity contribution in [2.24, 2.45) is 0 Å². The summed E-state index contributed by atoms with van der Waals surface area (Å²) in [6.45, 7) is 4.53. The SMILES string of the molecule is CCCCCCCC(=O)NCCCCC(NC)C(C)=O. The Labute approximate surface area is 124 Å². The number of carbonyl (C=O) groups excluding carboxylic acids is 2. The summed E-state index contributed by atoms with van der Waals surface area (Å²) in [5, 5.41) is 5.96. The molecule has 0 saturated heterocycles. The van der Waals surface area contributed by atoms with Gasteiger partial charge in [-0.3, -0.25) is 9.59 Å². The van der Waals surface area contributed by atoms with E-state index in [0.29, 0.717) is 6.42 Å². The predicted octanol–water partition coefficient (Wildman–Crippen LogP) is 2.81. The Morgan fingerprint density at radius 3 is 2.30 bits per heavy atom. The van der Waals surface area contributed by atoms with Gasteiger partial charge in [0.25, 0.3) is 0 Å². The smallest absolute Gasteiger partial charge is 0.219 e. The second-order valence-electron chi connectivity index (χ2n) is 5.46. The van der Waals surface area contributed by atoms with E-state index >= 15 is 0 Å². The minimum atomic E-state index is -0.0377. The summed E-state index contributed by atoms with van der Waals surface area (Å²) in [7, 11) is 1.81. The van der Waals surface area contributed by atoms with E-state index < -0.39 is 0 Å². The highest BCUT2D eigenvalue weighted by molar-refractivity contribution is 5.81. The summed E-state index contributed by atoms with van der Waals surface area (Å²) < 4.78 is 0. The average molecular weight is 284 g/mol. The minimum absolute atomic E-state index is 0.0377. The van der Waals surface area contributed by atoms with Crippen molar-refractivity contribution in [2.75, 3.05) is 13.6 Å². The first kappa shape index (κ1) is 19.1. The van der Waals surface area contributed by atoms with Crippen LogP contribution in [0.3, 0.4) is 0 Å². The molecule has 118 valence electrons. The van der Waals surface area contributed by atoms with Gasteiger partial charge in [-0.25, -0.2) is 0 Å². The highest BCUT2D eigenvalue weighted by Gasteiger charge is 2.10. The Morgan fingerprint density at radius 2 is 1.70 bits per heavy atom. The molecule has 2 N–H and O–H groups in total. The molecule has 0 rings (SSSR count). The Balaban J connectivity index is 3.41. The van der Waals surface area contributed by atoms with Crippen molar-refractivity contribution < 1.29 is 9.59 Å². The van der Waals surface area contributed by atoms with Gasteiger partial charge >= 0.3 is 0 Å². The van der Waals surface area contributed by atoms with E-state index in [-0.39, 0.29) is 17.7 Å². The lowest BCUT2D eigenvalue weighted by Crippen LogP contribution is -2.32. The van der Waals surface area contributed by atoms with E-state index in [0.717, 1.165) is 38.6 Å². The van der Waals surface area contributed by atoms with Crippen molar-refractivity contribution in [3.63, 3.8) is 0 Å². The number of likely N-dealkylation sites (N-methyl/N-ethyl adjacent to an activating group) is 1. The number of hydrogen-bond acceptors (Lipinski definition) is 3. The molecular formula is C16H32N2O2. The van der Waals surface area contributed by atoms with E-state index in [4.69, 9.17) is 0 Å². The standard InChI is InChI=1S/C16H32N2O2/c1-4-5-6-7-8-12-16(20)18-13-10-9-11-15(17-3)14(2)19/h15,17H,4-13H2,1-3H3,(H,18,20). The molecule has 20 heavy (non-hydrogen) atoms. The first-order valence-corrected chi connectivity index (χ1v) is 8.06. The molecule has 0 bridgehead atoms. The predicted molar refractivity (Wildman–Crippen MR) is 83.8 cm³/mol. The van der Waals surface area contributed by atoms with Gasteiger partial charge in [0.05, 0.1) is 6.04 Å². The van der Waals surface area contributed by atoms with Gasteiger partial charge in [-0.2, -0.15) is 0 Å². The second kappa shape index (κ2) is 13.1. The third-order valence-electron chi connectivity index (χ3n) is 3.59. The summed E-state index contributed by atoms with van der Waals surface area (Å²) in [4.78, 5) is 22.8. The maximum Gasteiger partial charge on any atom is 0.219 e. The van der Waals surface area contributed by atoms with Crippen LogP contribution >= 0.6 is 0 Å². The molecular weight excluding hydrogens is 252 g/mol. The van der Waals surface area contributed by atoms with Crippen LogP contribution in [0.2, 0.25) is 0 Å². The first-order valence-electron chi connectivity index (χ1n) is 8.06. The number of rotatable bonds is 13. The van der Waals surface area contributed by atoms with Gasteiger partial charge in [0.1, 0.15) is 5.78 Å². The summed E-state index contributed by atoms with van der Waals surface area (Å²) in [6, 6.07) is -0.0377. The number of nitrogens with one attached hydrogen (secondary N) is 2. The van der Waals surface area contributed by atoms with Gasteiger partial charge in [-0.15, -0.1) is 0 Å². The molecule has 0 aliphatic heterocycles. The van der Waals surface area contributed by atoms with Gasteiger partial charge in [-0.1, -0.05) is 32.6 Å². The molecule has 1 amide bonds. The normalized spacial score (nSPS) is 12.2. The third kappa shape index (κ3) is 11.0. The maximum absolute atomic E-state index is 11.6. The number of Topliss-reactive ketones (excluding diaryl/α,β-unsaturated/α-hetero) is 1. The number of ketones is 1. The quantitative estimate of drug-likeness (QED) is 0.511. The lowest BCUT2D eigenvalue weighted by molar-refractivity contribution is -0.121. The average Bonchev–Trinajstić information content (AvgIpc) is 2.42. The Hall–Kier alpha value is -0.900. The van der Waals surface area contributed by atoms with E-state index in [9.17, 15) is 9.59 Å². The fourth-order valence-corrected chi connectivity index (χ4v) is 2.23. The van der Waals surface area contributed by atoms with Crippen LogP contribution in [0.15, 0.2) is 0 Å². The van der Waals surface area contributed by atoms with Crippen molar-refractivity contribution >= 4 is 11.7 Å². The van der Waals surface area contributed by atoms with Gasteiger partial charge < -0.3 is 10.6 Å². The maximum atomic E-state index is 11.6. The van der Waals surface area contributed by atoms with Crippen LogP contribution in [-0.2, 0) is 9.59 Å². The van der Waals surface area contributed by atoms with Crippen LogP contribution in [-0.4, -0.2) is 31.3 Å². The van der Waals surface area contributed by atoms with Crippen molar-refractivity contribution in [1.29, 1.82) is 0 Å². The highest BCUT2D eigenvalue weighted by Crippen LogP contribution is 2.05. The topological polar surface area (TPSA) is 58.2 Å². The molecule has 0 saturated carbocycles. The largest absolute Gasteiger partial charge is 0.356 e. The second-order valence-corrected chi connectivity index (χ2v) is 5.46. The molecule has 0 spiro atoms. The molecule has 0 fully saturated rings. The van der Waals surface area contributed by atoms with E-state index in [1.54, 1.807) is 6.92 Å².